The lowest BCUT2D eigenvalue weighted by Gasteiger charge is -1.98. The van der Waals surface area contributed by atoms with E-state index < -0.39 is 0 Å². The molecule has 2 aromatic heterocycles. The second-order valence-corrected chi connectivity index (χ2v) is 4.48. The quantitative estimate of drug-likeness (QED) is 0.427. The molecule has 3 rings (SSSR count). The van der Waals surface area contributed by atoms with Gasteiger partial charge >= 0.3 is 0 Å². The van der Waals surface area contributed by atoms with Crippen molar-refractivity contribution in [1.82, 2.24) is 9.38 Å². The molecule has 4 nitrogen and oxygen atoms in total. The van der Waals surface area contributed by atoms with E-state index in [0.717, 1.165) is 21.1 Å². The van der Waals surface area contributed by atoms with Gasteiger partial charge in [-0.2, -0.15) is 0 Å². The first-order chi connectivity index (χ1) is 8.40. The third kappa shape index (κ3) is 1.60. The van der Waals surface area contributed by atoms with E-state index in [-0.39, 0.29) is 0 Å². The Kier molecular flexibility index (Phi) is 2.38. The van der Waals surface area contributed by atoms with Crippen LogP contribution in [-0.4, -0.2) is 20.8 Å². The zero-order valence-corrected chi connectivity index (χ0v) is 9.63. The molecule has 1 aromatic carbocycles. The third-order valence-corrected chi connectivity index (χ3v) is 3.64. The minimum absolute atomic E-state index is 0.844. The summed E-state index contributed by atoms with van der Waals surface area (Å²) < 4.78 is 1.91. The molecule has 0 aliphatic rings. The van der Waals surface area contributed by atoms with Crippen molar-refractivity contribution in [2.45, 2.75) is 0 Å². The van der Waals surface area contributed by atoms with Gasteiger partial charge in [-0.1, -0.05) is 46.8 Å². The summed E-state index contributed by atoms with van der Waals surface area (Å²) in [5, 5.41) is 11.9. The van der Waals surface area contributed by atoms with Crippen molar-refractivity contribution in [2.75, 3.05) is 0 Å². The lowest BCUT2D eigenvalue weighted by molar-refractivity contribution is 0.321. The lowest BCUT2D eigenvalue weighted by Crippen LogP contribution is -1.90. The summed E-state index contributed by atoms with van der Waals surface area (Å²) in [6, 6.07) is 10.00. The summed E-state index contributed by atoms with van der Waals surface area (Å²) >= 11 is 1.57. The highest BCUT2D eigenvalue weighted by molar-refractivity contribution is 7.20. The Morgan fingerprint density at radius 3 is 2.88 bits per heavy atom. The third-order valence-electron chi connectivity index (χ3n) is 2.51. The second kappa shape index (κ2) is 4.03. The van der Waals surface area contributed by atoms with E-state index in [0.29, 0.717) is 0 Å². The van der Waals surface area contributed by atoms with Crippen LogP contribution in [0, 0.1) is 0 Å². The van der Waals surface area contributed by atoms with Gasteiger partial charge in [-0.3, -0.25) is 4.40 Å². The Balaban J connectivity index is 2.28. The van der Waals surface area contributed by atoms with E-state index in [1.807, 2.05) is 40.9 Å². The van der Waals surface area contributed by atoms with Crippen molar-refractivity contribution in [1.29, 1.82) is 0 Å². The van der Waals surface area contributed by atoms with Crippen LogP contribution in [0.5, 0.6) is 0 Å². The van der Waals surface area contributed by atoms with Gasteiger partial charge in [-0.25, -0.2) is 4.98 Å². The van der Waals surface area contributed by atoms with E-state index in [9.17, 15) is 0 Å². The summed E-state index contributed by atoms with van der Waals surface area (Å²) in [4.78, 5) is 6.18. The highest BCUT2D eigenvalue weighted by Gasteiger charge is 2.12. The number of fused-ring (bicyclic) bond motifs is 1. The summed E-state index contributed by atoms with van der Waals surface area (Å²) in [7, 11) is 0. The minimum Gasteiger partial charge on any atom is -0.411 e. The van der Waals surface area contributed by atoms with E-state index in [4.69, 9.17) is 5.21 Å². The molecule has 1 N–H and O–H groups in total. The summed E-state index contributed by atoms with van der Waals surface area (Å²) in [5.41, 5.74) is 1.94. The maximum Gasteiger partial charge on any atom is 0.194 e. The number of hydrogen-bond donors (Lipinski definition) is 1. The number of oxime groups is 1. The molecule has 17 heavy (non-hydrogen) atoms. The second-order valence-electron chi connectivity index (χ2n) is 3.51. The molecule has 3 aromatic rings. The monoisotopic (exact) mass is 243 g/mol. The van der Waals surface area contributed by atoms with E-state index in [1.165, 1.54) is 6.21 Å². The zero-order chi connectivity index (χ0) is 11.7. The number of aromatic nitrogens is 2. The summed E-state index contributed by atoms with van der Waals surface area (Å²) in [5.74, 6) is 0. The first kappa shape index (κ1) is 10.0. The highest BCUT2D eigenvalue weighted by Crippen LogP contribution is 2.31. The molecule has 0 unspecified atom stereocenters. The fourth-order valence-corrected chi connectivity index (χ4v) is 2.84. The van der Waals surface area contributed by atoms with Gasteiger partial charge in [0, 0.05) is 12.4 Å². The van der Waals surface area contributed by atoms with Gasteiger partial charge < -0.3 is 5.21 Å². The van der Waals surface area contributed by atoms with Crippen LogP contribution in [0.4, 0.5) is 0 Å². The predicted octanol–water partition coefficient (Wildman–Crippen LogP) is 2.87. The van der Waals surface area contributed by atoms with Crippen molar-refractivity contribution in [3.8, 4) is 10.4 Å². The Morgan fingerprint density at radius 1 is 1.29 bits per heavy atom. The number of imidazole rings is 1. The van der Waals surface area contributed by atoms with Crippen LogP contribution < -0.4 is 0 Å². The van der Waals surface area contributed by atoms with E-state index >= 15 is 0 Å². The highest BCUT2D eigenvalue weighted by atomic mass is 32.1. The smallest absolute Gasteiger partial charge is 0.194 e. The maximum atomic E-state index is 8.75. The number of thiazole rings is 1. The predicted molar refractivity (Wildman–Crippen MR) is 67.9 cm³/mol. The van der Waals surface area contributed by atoms with Gasteiger partial charge in [0.15, 0.2) is 4.96 Å². The largest absolute Gasteiger partial charge is 0.411 e. The standard InChI is InChI=1S/C12H9N3OS/c16-14-8-10-11(9-4-2-1-3-5-9)17-12-13-6-7-15(10)12/h1-8,16H/b14-8-. The molecule has 0 spiro atoms. The topological polar surface area (TPSA) is 49.9 Å². The molecule has 0 fully saturated rings. The van der Waals surface area contributed by atoms with Gasteiger partial charge in [0.1, 0.15) is 0 Å². The Hall–Kier alpha value is -2.14. The molecule has 0 aliphatic heterocycles. The van der Waals surface area contributed by atoms with Crippen LogP contribution in [0.25, 0.3) is 15.4 Å². The van der Waals surface area contributed by atoms with Crippen LogP contribution in [-0.2, 0) is 0 Å². The SMILES string of the molecule is O/N=C\c1c(-c2ccccc2)sc2nccn12. The fourth-order valence-electron chi connectivity index (χ4n) is 1.77. The molecule has 0 saturated heterocycles. The van der Waals surface area contributed by atoms with Crippen LogP contribution in [0.2, 0.25) is 0 Å². The molecular weight excluding hydrogens is 234 g/mol. The first-order valence-corrected chi connectivity index (χ1v) is 5.90. The molecule has 0 atom stereocenters. The zero-order valence-electron chi connectivity index (χ0n) is 8.82. The van der Waals surface area contributed by atoms with Gasteiger partial charge in [-0.15, -0.1) is 0 Å². The Labute approximate surface area is 101 Å². The van der Waals surface area contributed by atoms with Crippen LogP contribution >= 0.6 is 11.3 Å². The summed E-state index contributed by atoms with van der Waals surface area (Å²) in [6.07, 6.45) is 5.03. The van der Waals surface area contributed by atoms with E-state index in [1.54, 1.807) is 17.5 Å². The molecular formula is C12H9N3OS. The molecule has 0 aliphatic carbocycles. The van der Waals surface area contributed by atoms with Gasteiger partial charge in [-0.05, 0) is 5.56 Å². The number of hydrogen-bond acceptors (Lipinski definition) is 4. The van der Waals surface area contributed by atoms with Crippen molar-refractivity contribution in [2.24, 2.45) is 5.16 Å². The molecule has 0 amide bonds. The van der Waals surface area contributed by atoms with Gasteiger partial charge in [0.25, 0.3) is 0 Å². The normalized spacial score (nSPS) is 11.5. The van der Waals surface area contributed by atoms with Crippen molar-refractivity contribution in [3.63, 3.8) is 0 Å². The molecule has 5 heteroatoms. The average molecular weight is 243 g/mol. The summed E-state index contributed by atoms with van der Waals surface area (Å²) in [6.45, 7) is 0. The lowest BCUT2D eigenvalue weighted by atomic mass is 10.1. The number of nitrogens with zero attached hydrogens (tertiary/aromatic N) is 3. The molecule has 84 valence electrons. The fraction of sp³-hybridized carbons (Fsp3) is 0. The van der Waals surface area contributed by atoms with E-state index in [2.05, 4.69) is 10.1 Å². The number of benzene rings is 1. The maximum absolute atomic E-state index is 8.75. The Bertz CT molecular complexity index is 669. The van der Waals surface area contributed by atoms with Crippen molar-refractivity contribution < 1.29 is 5.21 Å². The van der Waals surface area contributed by atoms with Crippen molar-refractivity contribution >= 4 is 22.5 Å². The minimum atomic E-state index is 0.844. The van der Waals surface area contributed by atoms with Gasteiger partial charge in [0.2, 0.25) is 0 Å². The van der Waals surface area contributed by atoms with Crippen LogP contribution in [0.15, 0.2) is 47.9 Å². The molecule has 0 radical (unpaired) electrons. The number of rotatable bonds is 2. The first-order valence-electron chi connectivity index (χ1n) is 5.09. The van der Waals surface area contributed by atoms with Gasteiger partial charge in [0.05, 0.1) is 16.8 Å². The molecule has 0 saturated carbocycles. The Morgan fingerprint density at radius 2 is 2.12 bits per heavy atom. The van der Waals surface area contributed by atoms with Crippen molar-refractivity contribution in [3.05, 3.63) is 48.4 Å². The molecule has 2 heterocycles. The van der Waals surface area contributed by atoms with Crippen LogP contribution in [0.3, 0.4) is 0 Å². The molecule has 0 bridgehead atoms. The average Bonchev–Trinajstić information content (AvgIpc) is 2.93. The van der Waals surface area contributed by atoms with Crippen LogP contribution in [0.1, 0.15) is 5.69 Å².